The SMILES string of the molecule is COc1ccc(CCCC(N)=S)cc1C(C)(C)C. The van der Waals surface area contributed by atoms with Crippen molar-refractivity contribution in [2.75, 3.05) is 7.11 Å². The first-order valence-electron chi connectivity index (χ1n) is 6.30. The number of hydrogen-bond acceptors (Lipinski definition) is 2. The van der Waals surface area contributed by atoms with Gasteiger partial charge in [0.15, 0.2) is 0 Å². The van der Waals surface area contributed by atoms with E-state index in [-0.39, 0.29) is 5.41 Å². The van der Waals surface area contributed by atoms with Crippen LogP contribution in [-0.2, 0) is 11.8 Å². The van der Waals surface area contributed by atoms with Crippen molar-refractivity contribution in [3.63, 3.8) is 0 Å². The second kappa shape index (κ2) is 6.19. The first-order chi connectivity index (χ1) is 8.34. The minimum atomic E-state index is 0.0878. The first kappa shape index (κ1) is 15.0. The van der Waals surface area contributed by atoms with E-state index in [9.17, 15) is 0 Å². The van der Waals surface area contributed by atoms with Gasteiger partial charge in [0.05, 0.1) is 12.1 Å². The highest BCUT2D eigenvalue weighted by Gasteiger charge is 2.19. The molecule has 0 atom stereocenters. The van der Waals surface area contributed by atoms with Crippen LogP contribution in [0.15, 0.2) is 18.2 Å². The topological polar surface area (TPSA) is 35.2 Å². The molecule has 0 heterocycles. The largest absolute Gasteiger partial charge is 0.496 e. The van der Waals surface area contributed by atoms with E-state index in [1.165, 1.54) is 11.1 Å². The van der Waals surface area contributed by atoms with Gasteiger partial charge >= 0.3 is 0 Å². The molecule has 0 aromatic heterocycles. The lowest BCUT2D eigenvalue weighted by Crippen LogP contribution is -2.13. The highest BCUT2D eigenvalue weighted by Crippen LogP contribution is 2.32. The second-order valence-corrected chi connectivity index (χ2v) is 6.13. The first-order valence-corrected chi connectivity index (χ1v) is 6.71. The van der Waals surface area contributed by atoms with E-state index in [4.69, 9.17) is 22.7 Å². The fourth-order valence-electron chi connectivity index (χ4n) is 1.96. The molecule has 0 radical (unpaired) electrons. The molecule has 2 nitrogen and oxygen atoms in total. The lowest BCUT2D eigenvalue weighted by molar-refractivity contribution is 0.397. The van der Waals surface area contributed by atoms with Crippen LogP contribution in [0.2, 0.25) is 0 Å². The van der Waals surface area contributed by atoms with Gasteiger partial charge in [-0.1, -0.05) is 45.1 Å². The van der Waals surface area contributed by atoms with Gasteiger partial charge in [-0.25, -0.2) is 0 Å². The Morgan fingerprint density at radius 3 is 2.50 bits per heavy atom. The molecule has 3 heteroatoms. The Bertz CT molecular complexity index is 421. The number of aryl methyl sites for hydroxylation is 1. The monoisotopic (exact) mass is 265 g/mol. The third-order valence-corrected chi connectivity index (χ3v) is 3.16. The second-order valence-electron chi connectivity index (χ2n) is 5.60. The Morgan fingerprint density at radius 1 is 1.33 bits per heavy atom. The van der Waals surface area contributed by atoms with E-state index >= 15 is 0 Å². The number of ether oxygens (including phenoxy) is 1. The minimum Gasteiger partial charge on any atom is -0.496 e. The van der Waals surface area contributed by atoms with E-state index in [0.717, 1.165) is 25.0 Å². The molecule has 1 aromatic carbocycles. The van der Waals surface area contributed by atoms with Gasteiger partial charge in [0.1, 0.15) is 5.75 Å². The van der Waals surface area contributed by atoms with Crippen molar-refractivity contribution >= 4 is 17.2 Å². The molecule has 0 spiro atoms. The molecule has 0 aliphatic heterocycles. The molecule has 0 saturated heterocycles. The number of rotatable bonds is 5. The molecule has 1 rings (SSSR count). The Hall–Kier alpha value is -1.09. The average molecular weight is 265 g/mol. The van der Waals surface area contributed by atoms with Crippen molar-refractivity contribution in [3.05, 3.63) is 29.3 Å². The zero-order chi connectivity index (χ0) is 13.8. The van der Waals surface area contributed by atoms with Crippen LogP contribution in [0.1, 0.15) is 44.7 Å². The average Bonchev–Trinajstić information content (AvgIpc) is 2.27. The summed E-state index contributed by atoms with van der Waals surface area (Å²) in [6, 6.07) is 6.41. The van der Waals surface area contributed by atoms with Gasteiger partial charge in [0.25, 0.3) is 0 Å². The van der Waals surface area contributed by atoms with Crippen molar-refractivity contribution in [3.8, 4) is 5.75 Å². The molecule has 0 unspecified atom stereocenters. The van der Waals surface area contributed by atoms with Gasteiger partial charge in [-0.05, 0) is 41.9 Å². The predicted molar refractivity (Wildman–Crippen MR) is 81.4 cm³/mol. The van der Waals surface area contributed by atoms with Crippen LogP contribution < -0.4 is 10.5 Å². The van der Waals surface area contributed by atoms with Crippen LogP contribution in [0.4, 0.5) is 0 Å². The summed E-state index contributed by atoms with van der Waals surface area (Å²) < 4.78 is 5.43. The molecule has 100 valence electrons. The summed E-state index contributed by atoms with van der Waals surface area (Å²) in [7, 11) is 1.72. The molecule has 0 amide bonds. The predicted octanol–water partition coefficient (Wildman–Crippen LogP) is 3.60. The summed E-state index contributed by atoms with van der Waals surface area (Å²) in [6.07, 6.45) is 2.82. The van der Waals surface area contributed by atoms with Crippen LogP contribution in [0.3, 0.4) is 0 Å². The number of benzene rings is 1. The van der Waals surface area contributed by atoms with Crippen molar-refractivity contribution in [2.45, 2.75) is 45.4 Å². The summed E-state index contributed by atoms with van der Waals surface area (Å²) in [6.45, 7) is 6.59. The van der Waals surface area contributed by atoms with E-state index < -0.39 is 0 Å². The molecule has 1 aromatic rings. The summed E-state index contributed by atoms with van der Waals surface area (Å²) in [5.41, 5.74) is 8.17. The molecule has 18 heavy (non-hydrogen) atoms. The number of thiocarbonyl (C=S) groups is 1. The normalized spacial score (nSPS) is 11.3. The van der Waals surface area contributed by atoms with Gasteiger partial charge in [-0.3, -0.25) is 0 Å². The summed E-state index contributed by atoms with van der Waals surface area (Å²) in [4.78, 5) is 0.597. The van der Waals surface area contributed by atoms with Gasteiger partial charge in [-0.2, -0.15) is 0 Å². The molecule has 0 aliphatic carbocycles. The van der Waals surface area contributed by atoms with Gasteiger partial charge in [-0.15, -0.1) is 0 Å². The van der Waals surface area contributed by atoms with E-state index in [0.29, 0.717) is 4.99 Å². The fourth-order valence-corrected chi connectivity index (χ4v) is 2.11. The Balaban J connectivity index is 2.86. The maximum atomic E-state index is 5.51. The fraction of sp³-hybridized carbons (Fsp3) is 0.533. The molecule has 0 aliphatic rings. The van der Waals surface area contributed by atoms with Crippen molar-refractivity contribution in [1.29, 1.82) is 0 Å². The van der Waals surface area contributed by atoms with Gasteiger partial charge in [0, 0.05) is 0 Å². The molecule has 2 N–H and O–H groups in total. The number of nitrogens with two attached hydrogens (primary N) is 1. The number of methoxy groups -OCH3 is 1. The highest BCUT2D eigenvalue weighted by molar-refractivity contribution is 7.80. The van der Waals surface area contributed by atoms with Crippen LogP contribution >= 0.6 is 12.2 Å². The highest BCUT2D eigenvalue weighted by atomic mass is 32.1. The molecule has 0 bridgehead atoms. The van der Waals surface area contributed by atoms with Crippen LogP contribution in [0, 0.1) is 0 Å². The zero-order valence-electron chi connectivity index (χ0n) is 11.7. The molecular formula is C15H23NOS. The number of hydrogen-bond donors (Lipinski definition) is 1. The Labute approximate surface area is 116 Å². The molecule has 0 saturated carbocycles. The third kappa shape index (κ3) is 4.30. The third-order valence-electron chi connectivity index (χ3n) is 2.96. The van der Waals surface area contributed by atoms with E-state index in [1.54, 1.807) is 7.11 Å². The summed E-state index contributed by atoms with van der Waals surface area (Å²) in [5.74, 6) is 0.959. The van der Waals surface area contributed by atoms with Crippen molar-refractivity contribution in [2.24, 2.45) is 5.73 Å². The lowest BCUT2D eigenvalue weighted by atomic mass is 9.85. The van der Waals surface area contributed by atoms with Gasteiger partial charge in [0.2, 0.25) is 0 Å². The van der Waals surface area contributed by atoms with Crippen molar-refractivity contribution in [1.82, 2.24) is 0 Å². The minimum absolute atomic E-state index is 0.0878. The summed E-state index contributed by atoms with van der Waals surface area (Å²) in [5, 5.41) is 0. The zero-order valence-corrected chi connectivity index (χ0v) is 12.6. The van der Waals surface area contributed by atoms with Crippen LogP contribution in [0.5, 0.6) is 5.75 Å². The standard InChI is InChI=1S/C15H23NOS/c1-15(2,3)12-10-11(6-5-7-14(16)18)8-9-13(12)17-4/h8-10H,5-7H2,1-4H3,(H2,16,18). The van der Waals surface area contributed by atoms with Crippen LogP contribution in [-0.4, -0.2) is 12.1 Å². The summed E-state index contributed by atoms with van der Waals surface area (Å²) >= 11 is 4.89. The Morgan fingerprint density at radius 2 is 2.00 bits per heavy atom. The van der Waals surface area contributed by atoms with E-state index in [2.05, 4.69) is 39.0 Å². The maximum Gasteiger partial charge on any atom is 0.122 e. The molecule has 0 fully saturated rings. The Kier molecular flexibility index (Phi) is 5.15. The molecular weight excluding hydrogens is 242 g/mol. The van der Waals surface area contributed by atoms with E-state index in [1.807, 2.05) is 0 Å². The lowest BCUT2D eigenvalue weighted by Gasteiger charge is -2.23. The quantitative estimate of drug-likeness (QED) is 0.826. The van der Waals surface area contributed by atoms with Crippen LogP contribution in [0.25, 0.3) is 0 Å². The van der Waals surface area contributed by atoms with Crippen molar-refractivity contribution < 1.29 is 4.74 Å². The maximum absolute atomic E-state index is 5.51. The smallest absolute Gasteiger partial charge is 0.122 e. The van der Waals surface area contributed by atoms with Gasteiger partial charge < -0.3 is 10.5 Å².